The van der Waals surface area contributed by atoms with Crippen LogP contribution in [0.1, 0.15) is 0 Å². The molecule has 0 aliphatic rings. The summed E-state index contributed by atoms with van der Waals surface area (Å²) in [6, 6.07) is 8.08. The number of rotatable bonds is 2. The molecule has 0 aliphatic carbocycles. The van der Waals surface area contributed by atoms with Crippen LogP contribution in [0.15, 0.2) is 36.7 Å². The van der Waals surface area contributed by atoms with Gasteiger partial charge in [0.05, 0.1) is 0 Å². The molecule has 0 amide bonds. The number of aromatic nitrogens is 2. The van der Waals surface area contributed by atoms with Crippen LogP contribution in [0.3, 0.4) is 0 Å². The Balaban J connectivity index is 2.15. The van der Waals surface area contributed by atoms with E-state index < -0.39 is 0 Å². The van der Waals surface area contributed by atoms with Gasteiger partial charge in [0.2, 0.25) is 5.95 Å². The fourth-order valence-corrected chi connectivity index (χ4v) is 1.68. The summed E-state index contributed by atoms with van der Waals surface area (Å²) in [7, 11) is 0. The lowest BCUT2D eigenvalue weighted by atomic mass is 10.3. The molecule has 0 saturated heterocycles. The molecule has 15 heavy (non-hydrogen) atoms. The predicted molar refractivity (Wildman–Crippen MR) is 77.2 cm³/mol. The maximum atomic E-state index is 4.16. The van der Waals surface area contributed by atoms with E-state index in [0.29, 0.717) is 5.95 Å². The Morgan fingerprint density at radius 2 is 1.47 bits per heavy atom. The Hall–Kier alpha value is -0.440. The van der Waals surface area contributed by atoms with E-state index in [1.54, 1.807) is 12.4 Å². The van der Waals surface area contributed by atoms with E-state index in [1.165, 1.54) is 3.57 Å². The van der Waals surface area contributed by atoms with Crippen LogP contribution in [0.25, 0.3) is 0 Å². The molecule has 0 bridgehead atoms. The van der Waals surface area contributed by atoms with E-state index in [-0.39, 0.29) is 0 Å². The third kappa shape index (κ3) is 3.26. The van der Waals surface area contributed by atoms with E-state index in [0.717, 1.165) is 9.26 Å². The van der Waals surface area contributed by atoms with Gasteiger partial charge in [-0.1, -0.05) is 0 Å². The molecule has 5 heteroatoms. The number of halogens is 2. The number of nitrogens with zero attached hydrogens (tertiary/aromatic N) is 2. The second-order valence-electron chi connectivity index (χ2n) is 2.86. The van der Waals surface area contributed by atoms with Gasteiger partial charge in [0.25, 0.3) is 0 Å². The molecule has 0 aliphatic heterocycles. The van der Waals surface area contributed by atoms with Crippen molar-refractivity contribution in [1.29, 1.82) is 0 Å². The number of benzene rings is 1. The Morgan fingerprint density at radius 3 is 2.07 bits per heavy atom. The Morgan fingerprint density at radius 1 is 0.867 bits per heavy atom. The Kier molecular flexibility index (Phi) is 3.73. The van der Waals surface area contributed by atoms with Crippen molar-refractivity contribution in [2.45, 2.75) is 0 Å². The Bertz CT molecular complexity index is 396. The Labute approximate surface area is 115 Å². The van der Waals surface area contributed by atoms with Crippen LogP contribution >= 0.6 is 45.2 Å². The molecule has 3 nitrogen and oxygen atoms in total. The minimum Gasteiger partial charge on any atom is -0.324 e. The maximum absolute atomic E-state index is 4.16. The van der Waals surface area contributed by atoms with Crippen molar-refractivity contribution in [1.82, 2.24) is 9.97 Å². The van der Waals surface area contributed by atoms with Crippen LogP contribution in [-0.2, 0) is 0 Å². The first kappa shape index (κ1) is 11.1. The average molecular weight is 423 g/mol. The summed E-state index contributed by atoms with van der Waals surface area (Å²) >= 11 is 4.45. The summed E-state index contributed by atoms with van der Waals surface area (Å²) in [5.74, 6) is 0.622. The van der Waals surface area contributed by atoms with Gasteiger partial charge in [0.1, 0.15) is 0 Å². The number of hydrogen-bond acceptors (Lipinski definition) is 3. The van der Waals surface area contributed by atoms with Crippen LogP contribution in [0.5, 0.6) is 0 Å². The average Bonchev–Trinajstić information content (AvgIpc) is 2.25. The minimum atomic E-state index is 0.622. The molecular weight excluding hydrogens is 416 g/mol. The molecule has 1 heterocycles. The van der Waals surface area contributed by atoms with Crippen LogP contribution in [-0.4, -0.2) is 9.97 Å². The third-order valence-corrected chi connectivity index (χ3v) is 3.00. The molecule has 76 valence electrons. The van der Waals surface area contributed by atoms with Crippen molar-refractivity contribution >= 4 is 56.8 Å². The van der Waals surface area contributed by atoms with Gasteiger partial charge in [0, 0.05) is 25.2 Å². The van der Waals surface area contributed by atoms with Crippen molar-refractivity contribution in [3.63, 3.8) is 0 Å². The highest BCUT2D eigenvalue weighted by atomic mass is 127. The first-order valence-electron chi connectivity index (χ1n) is 4.24. The first-order valence-corrected chi connectivity index (χ1v) is 6.40. The van der Waals surface area contributed by atoms with Gasteiger partial charge in [-0.25, -0.2) is 9.97 Å². The standard InChI is InChI=1S/C10H7I2N3/c11-7-1-3-9(4-2-7)15-10-13-5-8(12)6-14-10/h1-6H,(H,13,14,15). The van der Waals surface area contributed by atoms with Gasteiger partial charge in [-0.3, -0.25) is 0 Å². The van der Waals surface area contributed by atoms with E-state index in [9.17, 15) is 0 Å². The summed E-state index contributed by atoms with van der Waals surface area (Å²) < 4.78 is 2.24. The zero-order valence-corrected chi connectivity index (χ0v) is 11.9. The fraction of sp³-hybridized carbons (Fsp3) is 0. The quantitative estimate of drug-likeness (QED) is 0.753. The van der Waals surface area contributed by atoms with E-state index in [2.05, 4.69) is 60.5 Å². The summed E-state index contributed by atoms with van der Waals surface area (Å²) in [4.78, 5) is 8.33. The summed E-state index contributed by atoms with van der Waals surface area (Å²) in [5, 5.41) is 3.13. The predicted octanol–water partition coefficient (Wildman–Crippen LogP) is 3.43. The lowest BCUT2D eigenvalue weighted by molar-refractivity contribution is 1.15. The van der Waals surface area contributed by atoms with Gasteiger partial charge in [-0.15, -0.1) is 0 Å². The van der Waals surface area contributed by atoms with Crippen molar-refractivity contribution < 1.29 is 0 Å². The van der Waals surface area contributed by atoms with Gasteiger partial charge in [-0.05, 0) is 69.4 Å². The van der Waals surface area contributed by atoms with Crippen LogP contribution in [0, 0.1) is 7.14 Å². The molecule has 1 aromatic heterocycles. The number of anilines is 2. The lowest BCUT2D eigenvalue weighted by Gasteiger charge is -2.03. The number of nitrogens with one attached hydrogen (secondary N) is 1. The van der Waals surface area contributed by atoms with Crippen molar-refractivity contribution in [3.8, 4) is 0 Å². The maximum Gasteiger partial charge on any atom is 0.227 e. The largest absolute Gasteiger partial charge is 0.324 e. The van der Waals surface area contributed by atoms with Crippen molar-refractivity contribution in [3.05, 3.63) is 43.8 Å². The summed E-state index contributed by atoms with van der Waals surface area (Å²) in [6.07, 6.45) is 3.56. The summed E-state index contributed by atoms with van der Waals surface area (Å²) in [5.41, 5.74) is 0.997. The second-order valence-corrected chi connectivity index (χ2v) is 5.35. The smallest absolute Gasteiger partial charge is 0.227 e. The summed E-state index contributed by atoms with van der Waals surface area (Å²) in [6.45, 7) is 0. The molecule has 0 radical (unpaired) electrons. The monoisotopic (exact) mass is 423 g/mol. The van der Waals surface area contributed by atoms with Crippen molar-refractivity contribution in [2.24, 2.45) is 0 Å². The zero-order valence-electron chi connectivity index (χ0n) is 7.61. The van der Waals surface area contributed by atoms with Gasteiger partial charge in [0.15, 0.2) is 0 Å². The molecular formula is C10H7I2N3. The minimum absolute atomic E-state index is 0.622. The first-order chi connectivity index (χ1) is 7.24. The topological polar surface area (TPSA) is 37.8 Å². The molecule has 0 spiro atoms. The molecule has 1 N–H and O–H groups in total. The fourth-order valence-electron chi connectivity index (χ4n) is 1.04. The van der Waals surface area contributed by atoms with Gasteiger partial charge in [-0.2, -0.15) is 0 Å². The van der Waals surface area contributed by atoms with Gasteiger partial charge >= 0.3 is 0 Å². The SMILES string of the molecule is Ic1ccc(Nc2ncc(I)cn2)cc1. The zero-order chi connectivity index (χ0) is 10.7. The molecule has 0 atom stereocenters. The van der Waals surface area contributed by atoms with Crippen LogP contribution in [0.4, 0.5) is 11.6 Å². The van der Waals surface area contributed by atoms with Crippen molar-refractivity contribution in [2.75, 3.05) is 5.32 Å². The highest BCUT2D eigenvalue weighted by Crippen LogP contribution is 2.14. The van der Waals surface area contributed by atoms with E-state index >= 15 is 0 Å². The van der Waals surface area contributed by atoms with Gasteiger partial charge < -0.3 is 5.32 Å². The molecule has 0 fully saturated rings. The molecule has 0 unspecified atom stereocenters. The lowest BCUT2D eigenvalue weighted by Crippen LogP contribution is -1.96. The van der Waals surface area contributed by atoms with E-state index in [1.807, 2.05) is 24.3 Å². The third-order valence-electron chi connectivity index (χ3n) is 1.72. The van der Waals surface area contributed by atoms with Crippen LogP contribution in [0.2, 0.25) is 0 Å². The molecule has 1 aromatic carbocycles. The second kappa shape index (κ2) is 5.06. The number of hydrogen-bond donors (Lipinski definition) is 1. The molecule has 2 aromatic rings. The van der Waals surface area contributed by atoms with Crippen LogP contribution < -0.4 is 5.32 Å². The molecule has 0 saturated carbocycles. The highest BCUT2D eigenvalue weighted by molar-refractivity contribution is 14.1. The molecule has 2 rings (SSSR count). The van der Waals surface area contributed by atoms with E-state index in [4.69, 9.17) is 0 Å². The highest BCUT2D eigenvalue weighted by Gasteiger charge is 1.96. The normalized spacial score (nSPS) is 10.0.